The summed E-state index contributed by atoms with van der Waals surface area (Å²) >= 11 is 0. The Morgan fingerprint density at radius 3 is 2.21 bits per heavy atom. The van der Waals surface area contributed by atoms with E-state index in [-0.39, 0.29) is 16.9 Å². The molecule has 2 aromatic rings. The molecule has 0 bridgehead atoms. The summed E-state index contributed by atoms with van der Waals surface area (Å²) in [6, 6.07) is 9.52. The molecule has 7 heteroatoms. The zero-order chi connectivity index (χ0) is 21.6. The minimum atomic E-state index is -4.33. The molecule has 0 fully saturated rings. The smallest absolute Gasteiger partial charge is 0.379 e. The lowest BCUT2D eigenvalue weighted by molar-refractivity contribution is -0.132. The van der Waals surface area contributed by atoms with Crippen molar-refractivity contribution in [1.29, 1.82) is 0 Å². The van der Waals surface area contributed by atoms with Gasteiger partial charge in [-0.15, -0.1) is 0 Å². The third kappa shape index (κ3) is 7.07. The second-order valence-electron chi connectivity index (χ2n) is 7.99. The van der Waals surface area contributed by atoms with Crippen molar-refractivity contribution in [2.24, 2.45) is 5.92 Å². The number of hydrogen-bond donors (Lipinski definition) is 0. The molecule has 0 spiro atoms. The Balaban J connectivity index is 2.13. The van der Waals surface area contributed by atoms with Crippen molar-refractivity contribution in [3.05, 3.63) is 58.5 Å². The molecule has 0 N–H and O–H groups in total. The average Bonchev–Trinajstić information content (AvgIpc) is 2.63. The summed E-state index contributed by atoms with van der Waals surface area (Å²) in [5.74, 6) is -1.35. The summed E-state index contributed by atoms with van der Waals surface area (Å²) in [5, 5.41) is 0. The maximum atomic E-state index is 13.4. The fourth-order valence-corrected chi connectivity index (χ4v) is 3.03. The number of aromatic nitrogens is 1. The van der Waals surface area contributed by atoms with Crippen molar-refractivity contribution in [3.63, 3.8) is 0 Å². The predicted molar refractivity (Wildman–Crippen MR) is 111 cm³/mol. The summed E-state index contributed by atoms with van der Waals surface area (Å²) in [6.45, 7) is 9.15. The summed E-state index contributed by atoms with van der Waals surface area (Å²) in [5.41, 5.74) is 1.42. The Morgan fingerprint density at radius 1 is 1.03 bits per heavy atom. The van der Waals surface area contributed by atoms with Crippen molar-refractivity contribution in [2.75, 3.05) is 13.2 Å². The van der Waals surface area contributed by atoms with Crippen LogP contribution in [0.3, 0.4) is 0 Å². The lowest BCUT2D eigenvalue weighted by atomic mass is 9.53. The first-order valence-electron chi connectivity index (χ1n) is 9.88. The monoisotopic (exact) mass is 406 g/mol. The molecule has 0 saturated carbocycles. The topological polar surface area (TPSA) is 31.2 Å². The summed E-state index contributed by atoms with van der Waals surface area (Å²) in [4.78, 5) is 12.3. The van der Waals surface area contributed by atoms with Gasteiger partial charge < -0.3 is 9.30 Å². The molecular formula is C22H28BF3NO2. The number of rotatable bonds is 9. The van der Waals surface area contributed by atoms with Gasteiger partial charge in [0.15, 0.2) is 0 Å². The molecule has 2 rings (SSSR count). The highest BCUT2D eigenvalue weighted by atomic mass is 19.4. The van der Waals surface area contributed by atoms with Crippen molar-refractivity contribution in [1.82, 2.24) is 4.57 Å². The van der Waals surface area contributed by atoms with E-state index in [1.807, 2.05) is 0 Å². The number of halogens is 3. The van der Waals surface area contributed by atoms with Crippen LogP contribution in [0.15, 0.2) is 47.4 Å². The highest BCUT2D eigenvalue weighted by Gasteiger charge is 2.40. The van der Waals surface area contributed by atoms with Crippen LogP contribution < -0.4 is 5.56 Å². The van der Waals surface area contributed by atoms with E-state index < -0.39 is 12.0 Å². The lowest BCUT2D eigenvalue weighted by Crippen LogP contribution is -2.27. The van der Waals surface area contributed by atoms with Crippen LogP contribution in [0.5, 0.6) is 0 Å². The molecule has 1 aromatic heterocycles. The molecule has 3 nitrogen and oxygen atoms in total. The van der Waals surface area contributed by atoms with Crippen LogP contribution in [0, 0.1) is 5.92 Å². The Hall–Kier alpha value is -2.02. The number of hydrogen-bond acceptors (Lipinski definition) is 2. The summed E-state index contributed by atoms with van der Waals surface area (Å²) in [6.07, 6.45) is -2.64. The van der Waals surface area contributed by atoms with Crippen LogP contribution in [-0.4, -0.2) is 31.2 Å². The summed E-state index contributed by atoms with van der Waals surface area (Å²) in [7, 11) is 1.30. The van der Waals surface area contributed by atoms with E-state index in [0.29, 0.717) is 36.8 Å². The number of nitrogens with zero attached hydrogens (tertiary/aromatic N) is 1. The molecular weight excluding hydrogens is 378 g/mol. The average molecular weight is 406 g/mol. The number of ether oxygens (including phenoxy) is 1. The molecule has 0 saturated heterocycles. The van der Waals surface area contributed by atoms with Gasteiger partial charge in [0.1, 0.15) is 7.28 Å². The van der Waals surface area contributed by atoms with Crippen LogP contribution >= 0.6 is 0 Å². The normalized spacial score (nSPS) is 13.1. The van der Waals surface area contributed by atoms with Gasteiger partial charge in [0.2, 0.25) is 0 Å². The van der Waals surface area contributed by atoms with E-state index in [0.717, 1.165) is 0 Å². The van der Waals surface area contributed by atoms with Crippen LogP contribution in [0.4, 0.5) is 13.2 Å². The standard InChI is InChI=1S/C22H28BF3NO2/c1-15(2)14-29-12-11-27-10-9-19(13-20(27)28)17-5-7-18(8-6-17)21(22(24,25)26)23-16(3)4/h5-10,13,15-16,21H,11-12,14H2,1-4H3. The first kappa shape index (κ1) is 23.3. The zero-order valence-electron chi connectivity index (χ0n) is 17.4. The molecule has 1 atom stereocenters. The second-order valence-corrected chi connectivity index (χ2v) is 7.99. The third-order valence-electron chi connectivity index (χ3n) is 4.46. The number of pyridine rings is 1. The lowest BCUT2D eigenvalue weighted by Gasteiger charge is -2.22. The van der Waals surface area contributed by atoms with Crippen LogP contribution in [0.1, 0.15) is 39.1 Å². The first-order valence-corrected chi connectivity index (χ1v) is 9.88. The highest BCUT2D eigenvalue weighted by molar-refractivity contribution is 6.40. The van der Waals surface area contributed by atoms with Gasteiger partial charge in [-0.05, 0) is 28.7 Å². The zero-order valence-corrected chi connectivity index (χ0v) is 17.4. The number of benzene rings is 1. The van der Waals surface area contributed by atoms with E-state index in [9.17, 15) is 18.0 Å². The largest absolute Gasteiger partial charge is 0.388 e. The number of alkyl halides is 3. The van der Waals surface area contributed by atoms with Crippen LogP contribution in [0.25, 0.3) is 11.1 Å². The first-order chi connectivity index (χ1) is 13.6. The predicted octanol–water partition coefficient (Wildman–Crippen LogP) is 5.32. The molecule has 0 aliphatic rings. The van der Waals surface area contributed by atoms with Crippen LogP contribution in [-0.2, 0) is 11.3 Å². The van der Waals surface area contributed by atoms with E-state index >= 15 is 0 Å². The van der Waals surface area contributed by atoms with Gasteiger partial charge in [-0.1, -0.05) is 57.8 Å². The van der Waals surface area contributed by atoms with Gasteiger partial charge in [0, 0.05) is 31.2 Å². The van der Waals surface area contributed by atoms with E-state index in [1.165, 1.54) is 25.5 Å². The van der Waals surface area contributed by atoms with E-state index in [4.69, 9.17) is 4.74 Å². The van der Waals surface area contributed by atoms with Gasteiger partial charge in [-0.2, -0.15) is 13.2 Å². The maximum absolute atomic E-state index is 13.4. The highest BCUT2D eigenvalue weighted by Crippen LogP contribution is 2.36. The van der Waals surface area contributed by atoms with E-state index in [2.05, 4.69) is 13.8 Å². The molecule has 157 valence electrons. The van der Waals surface area contributed by atoms with Crippen molar-refractivity contribution < 1.29 is 17.9 Å². The molecule has 1 heterocycles. The van der Waals surface area contributed by atoms with Crippen LogP contribution in [0.2, 0.25) is 5.82 Å². The Kier molecular flexibility index (Phi) is 8.14. The van der Waals surface area contributed by atoms with Crippen molar-refractivity contribution in [2.45, 2.75) is 52.1 Å². The Bertz CT molecular complexity index is 829. The van der Waals surface area contributed by atoms with Gasteiger partial charge in [-0.25, -0.2) is 0 Å². The summed E-state index contributed by atoms with van der Waals surface area (Å²) < 4.78 is 47.2. The molecule has 0 aliphatic carbocycles. The fraction of sp³-hybridized carbons (Fsp3) is 0.500. The Morgan fingerprint density at radius 2 is 1.69 bits per heavy atom. The van der Waals surface area contributed by atoms with Gasteiger partial charge >= 0.3 is 6.18 Å². The quantitative estimate of drug-likeness (QED) is 0.417. The second kappa shape index (κ2) is 10.1. The van der Waals surface area contributed by atoms with Gasteiger partial charge in [-0.3, -0.25) is 4.79 Å². The fourth-order valence-electron chi connectivity index (χ4n) is 3.03. The van der Waals surface area contributed by atoms with Gasteiger partial charge in [0.05, 0.1) is 6.61 Å². The third-order valence-corrected chi connectivity index (χ3v) is 4.46. The van der Waals surface area contributed by atoms with E-state index in [1.54, 1.807) is 42.8 Å². The van der Waals surface area contributed by atoms with Crippen molar-refractivity contribution >= 4 is 7.28 Å². The molecule has 1 unspecified atom stereocenters. The minimum absolute atomic E-state index is 0.166. The Labute approximate surface area is 171 Å². The molecule has 29 heavy (non-hydrogen) atoms. The minimum Gasteiger partial charge on any atom is -0.379 e. The molecule has 0 aliphatic heterocycles. The SMILES string of the molecule is CC(C)[B]C(c1ccc(-c2ccn(CCOCC(C)C)c(=O)c2)cc1)C(F)(F)F. The molecule has 1 radical (unpaired) electrons. The van der Waals surface area contributed by atoms with Gasteiger partial charge in [0.25, 0.3) is 5.56 Å². The maximum Gasteiger partial charge on any atom is 0.388 e. The molecule has 1 aromatic carbocycles. The molecule has 0 amide bonds. The van der Waals surface area contributed by atoms with Crippen molar-refractivity contribution in [3.8, 4) is 11.1 Å².